The molecule has 3 rings (SSSR count). The number of H-pyrrole nitrogens is 1. The minimum atomic E-state index is -0.0981. The van der Waals surface area contributed by atoms with Crippen molar-refractivity contribution in [2.75, 3.05) is 29.9 Å². The summed E-state index contributed by atoms with van der Waals surface area (Å²) in [7, 11) is 0. The maximum Gasteiger partial charge on any atom is 0.248 e. The Bertz CT molecular complexity index is 441. The molecular weight excluding hydrogens is 218 g/mol. The average molecular weight is 235 g/mol. The van der Waals surface area contributed by atoms with E-state index >= 15 is 0 Å². The van der Waals surface area contributed by atoms with Crippen molar-refractivity contribution in [1.82, 2.24) is 15.1 Å². The van der Waals surface area contributed by atoms with Crippen molar-refractivity contribution in [1.29, 1.82) is 0 Å². The highest BCUT2D eigenvalue weighted by Gasteiger charge is 2.38. The van der Waals surface area contributed by atoms with E-state index in [1.165, 1.54) is 0 Å². The molecule has 2 N–H and O–H groups in total. The molecule has 1 aromatic rings. The number of carbonyl (C=O) groups excluding carboxylic acids is 1. The van der Waals surface area contributed by atoms with Crippen LogP contribution in [0.2, 0.25) is 0 Å². The van der Waals surface area contributed by atoms with Gasteiger partial charge in [0.1, 0.15) is 17.5 Å². The van der Waals surface area contributed by atoms with Crippen LogP contribution in [0, 0.1) is 0 Å². The molecule has 1 amide bonds. The molecule has 0 unspecified atom stereocenters. The van der Waals surface area contributed by atoms with Crippen molar-refractivity contribution in [2.24, 2.45) is 0 Å². The van der Waals surface area contributed by atoms with E-state index in [4.69, 9.17) is 0 Å². The summed E-state index contributed by atoms with van der Waals surface area (Å²) in [5.41, 5.74) is 0.796. The van der Waals surface area contributed by atoms with Crippen LogP contribution in [0.3, 0.4) is 0 Å². The van der Waals surface area contributed by atoms with E-state index in [2.05, 4.69) is 39.2 Å². The van der Waals surface area contributed by atoms with Crippen molar-refractivity contribution in [2.45, 2.75) is 25.9 Å². The quantitative estimate of drug-likeness (QED) is 0.733. The van der Waals surface area contributed by atoms with Crippen molar-refractivity contribution < 1.29 is 4.79 Å². The number of amides is 1. The predicted octanol–water partition coefficient (Wildman–Crippen LogP) is 0.261. The zero-order chi connectivity index (χ0) is 12.0. The van der Waals surface area contributed by atoms with Gasteiger partial charge in [0, 0.05) is 25.7 Å². The van der Waals surface area contributed by atoms with Gasteiger partial charge in [0.2, 0.25) is 5.91 Å². The SMILES string of the molecule is CC(C)N1CCN2c3[nH]ncc3NC(=O)[C@@H]2C1. The Morgan fingerprint density at radius 3 is 3.06 bits per heavy atom. The number of aromatic nitrogens is 2. The van der Waals surface area contributed by atoms with Crippen LogP contribution in [0.15, 0.2) is 6.20 Å². The Hall–Kier alpha value is -1.56. The molecule has 6 nitrogen and oxygen atoms in total. The van der Waals surface area contributed by atoms with Gasteiger partial charge < -0.3 is 10.2 Å². The van der Waals surface area contributed by atoms with Crippen LogP contribution < -0.4 is 10.2 Å². The standard InChI is InChI=1S/C11H17N5O/c1-7(2)15-3-4-16-9(6-15)11(17)13-8-5-12-14-10(8)16/h5,7,9H,3-4,6H2,1-2H3,(H,12,14)(H,13,17)/t9-/m0/s1. The lowest BCUT2D eigenvalue weighted by Gasteiger charge is -2.44. The van der Waals surface area contributed by atoms with Gasteiger partial charge in [0.25, 0.3) is 0 Å². The van der Waals surface area contributed by atoms with E-state index in [0.717, 1.165) is 31.1 Å². The fourth-order valence-electron chi connectivity index (χ4n) is 2.57. The Morgan fingerprint density at radius 1 is 1.47 bits per heavy atom. The van der Waals surface area contributed by atoms with E-state index in [-0.39, 0.29) is 11.9 Å². The number of carbonyl (C=O) groups is 1. The lowest BCUT2D eigenvalue weighted by Crippen LogP contribution is -2.61. The van der Waals surface area contributed by atoms with Gasteiger partial charge in [-0.3, -0.25) is 14.8 Å². The Morgan fingerprint density at radius 2 is 2.29 bits per heavy atom. The zero-order valence-corrected chi connectivity index (χ0v) is 10.1. The molecule has 3 heterocycles. The monoisotopic (exact) mass is 235 g/mol. The minimum Gasteiger partial charge on any atom is -0.341 e. The topological polar surface area (TPSA) is 64.3 Å². The van der Waals surface area contributed by atoms with Gasteiger partial charge in [-0.15, -0.1) is 0 Å². The minimum absolute atomic E-state index is 0.0734. The molecule has 1 saturated heterocycles. The summed E-state index contributed by atoms with van der Waals surface area (Å²) in [5, 5.41) is 9.85. The van der Waals surface area contributed by atoms with E-state index < -0.39 is 0 Å². The third kappa shape index (κ3) is 1.59. The van der Waals surface area contributed by atoms with Crippen molar-refractivity contribution in [3.8, 4) is 0 Å². The molecule has 92 valence electrons. The van der Waals surface area contributed by atoms with Crippen molar-refractivity contribution in [3.63, 3.8) is 0 Å². The van der Waals surface area contributed by atoms with E-state index in [0.29, 0.717) is 6.04 Å². The molecule has 1 atom stereocenters. The van der Waals surface area contributed by atoms with Crippen LogP contribution in [0.4, 0.5) is 11.5 Å². The lowest BCUT2D eigenvalue weighted by atomic mass is 10.1. The highest BCUT2D eigenvalue weighted by Crippen LogP contribution is 2.31. The number of nitrogens with one attached hydrogen (secondary N) is 2. The van der Waals surface area contributed by atoms with Crippen LogP contribution >= 0.6 is 0 Å². The number of anilines is 2. The number of aromatic amines is 1. The number of hydrogen-bond acceptors (Lipinski definition) is 4. The van der Waals surface area contributed by atoms with E-state index in [9.17, 15) is 4.79 Å². The summed E-state index contributed by atoms with van der Waals surface area (Å²) in [6.07, 6.45) is 1.66. The van der Waals surface area contributed by atoms with Crippen LogP contribution in [-0.2, 0) is 4.79 Å². The molecule has 2 aliphatic heterocycles. The highest BCUT2D eigenvalue weighted by molar-refractivity contribution is 6.02. The van der Waals surface area contributed by atoms with Crippen LogP contribution in [0.5, 0.6) is 0 Å². The third-order valence-corrected chi connectivity index (χ3v) is 3.61. The first-order valence-corrected chi connectivity index (χ1v) is 6.01. The van der Waals surface area contributed by atoms with Crippen LogP contribution in [-0.4, -0.2) is 52.7 Å². The van der Waals surface area contributed by atoms with Crippen LogP contribution in [0.25, 0.3) is 0 Å². The average Bonchev–Trinajstić information content (AvgIpc) is 2.76. The van der Waals surface area contributed by atoms with Gasteiger partial charge in [-0.05, 0) is 13.8 Å². The van der Waals surface area contributed by atoms with Crippen LogP contribution in [0.1, 0.15) is 13.8 Å². The van der Waals surface area contributed by atoms with Crippen molar-refractivity contribution in [3.05, 3.63) is 6.20 Å². The molecule has 0 aliphatic carbocycles. The zero-order valence-electron chi connectivity index (χ0n) is 10.1. The summed E-state index contributed by atoms with van der Waals surface area (Å²) < 4.78 is 0. The van der Waals surface area contributed by atoms with E-state index in [1.807, 2.05) is 0 Å². The van der Waals surface area contributed by atoms with Crippen molar-refractivity contribution >= 4 is 17.4 Å². The summed E-state index contributed by atoms with van der Waals surface area (Å²) in [5.74, 6) is 1.02. The largest absolute Gasteiger partial charge is 0.341 e. The molecule has 6 heteroatoms. The highest BCUT2D eigenvalue weighted by atomic mass is 16.2. The predicted molar refractivity (Wildman–Crippen MR) is 65.1 cm³/mol. The number of fused-ring (bicyclic) bond motifs is 3. The Balaban J connectivity index is 1.88. The molecular formula is C11H17N5O. The molecule has 1 fully saturated rings. The normalized spacial score (nSPS) is 24.5. The second-order valence-corrected chi connectivity index (χ2v) is 4.92. The maximum atomic E-state index is 12.0. The van der Waals surface area contributed by atoms with Gasteiger partial charge in [-0.25, -0.2) is 0 Å². The first kappa shape index (κ1) is 10.6. The van der Waals surface area contributed by atoms with Gasteiger partial charge in [-0.1, -0.05) is 0 Å². The smallest absolute Gasteiger partial charge is 0.248 e. The summed E-state index contributed by atoms with van der Waals surface area (Å²) >= 11 is 0. The fraction of sp³-hybridized carbons (Fsp3) is 0.636. The fourth-order valence-corrected chi connectivity index (χ4v) is 2.57. The first-order valence-electron chi connectivity index (χ1n) is 6.01. The van der Waals surface area contributed by atoms with Gasteiger partial charge >= 0.3 is 0 Å². The molecule has 2 aliphatic rings. The molecule has 17 heavy (non-hydrogen) atoms. The molecule has 0 spiro atoms. The second kappa shape index (κ2) is 3.73. The molecule has 0 aromatic carbocycles. The Labute approximate surface area is 100.0 Å². The maximum absolute atomic E-state index is 12.0. The summed E-state index contributed by atoms with van der Waals surface area (Å²) in [4.78, 5) is 16.5. The molecule has 1 aromatic heterocycles. The summed E-state index contributed by atoms with van der Waals surface area (Å²) in [6, 6.07) is 0.382. The number of rotatable bonds is 1. The van der Waals surface area contributed by atoms with Gasteiger partial charge in [-0.2, -0.15) is 5.10 Å². The Kier molecular flexibility index (Phi) is 2.32. The second-order valence-electron chi connectivity index (χ2n) is 4.92. The molecule has 0 radical (unpaired) electrons. The third-order valence-electron chi connectivity index (χ3n) is 3.61. The number of nitrogens with zero attached hydrogens (tertiary/aromatic N) is 3. The van der Waals surface area contributed by atoms with Gasteiger partial charge in [0.05, 0.1) is 6.20 Å². The molecule has 0 saturated carbocycles. The molecule has 0 bridgehead atoms. The van der Waals surface area contributed by atoms with Gasteiger partial charge in [0.15, 0.2) is 0 Å². The van der Waals surface area contributed by atoms with E-state index in [1.54, 1.807) is 6.20 Å². The number of piperazine rings is 1. The summed E-state index contributed by atoms with van der Waals surface area (Å²) in [6.45, 7) is 6.96. The lowest BCUT2D eigenvalue weighted by molar-refractivity contribution is -0.118. The number of hydrogen-bond donors (Lipinski definition) is 2. The first-order chi connectivity index (χ1) is 8.16.